The highest BCUT2D eigenvalue weighted by Crippen LogP contribution is 2.11. The Morgan fingerprint density at radius 2 is 2.42 bits per heavy atom. The lowest BCUT2D eigenvalue weighted by molar-refractivity contribution is 0.408. The standard InChI is InChI=1S/C6H8N6/c1-12(2)11-10-6-5(3-7)8-4-9-6/h4H,1-2H3,(H,8,9). The second kappa shape index (κ2) is 3.48. The Bertz CT molecular complexity index is 317. The van der Waals surface area contributed by atoms with Crippen molar-refractivity contribution in [1.29, 1.82) is 5.26 Å². The van der Waals surface area contributed by atoms with Gasteiger partial charge in [0.25, 0.3) is 0 Å². The molecule has 6 nitrogen and oxygen atoms in total. The van der Waals surface area contributed by atoms with Crippen molar-refractivity contribution in [3.63, 3.8) is 0 Å². The van der Waals surface area contributed by atoms with E-state index in [1.807, 2.05) is 6.07 Å². The SMILES string of the molecule is CN(C)N=Nc1nc[nH]c1C#N. The van der Waals surface area contributed by atoms with Crippen LogP contribution in [0.3, 0.4) is 0 Å². The van der Waals surface area contributed by atoms with Gasteiger partial charge in [0, 0.05) is 14.1 Å². The molecule has 0 amide bonds. The van der Waals surface area contributed by atoms with Crippen LogP contribution in [0.4, 0.5) is 5.82 Å². The molecule has 12 heavy (non-hydrogen) atoms. The van der Waals surface area contributed by atoms with Crippen molar-refractivity contribution in [3.05, 3.63) is 12.0 Å². The molecular formula is C6H8N6. The summed E-state index contributed by atoms with van der Waals surface area (Å²) < 4.78 is 0. The van der Waals surface area contributed by atoms with Gasteiger partial charge in [-0.15, -0.1) is 5.11 Å². The minimum atomic E-state index is 0.311. The summed E-state index contributed by atoms with van der Waals surface area (Å²) in [6, 6.07) is 1.91. The van der Waals surface area contributed by atoms with Crippen LogP contribution < -0.4 is 0 Å². The first kappa shape index (κ1) is 8.20. The summed E-state index contributed by atoms with van der Waals surface area (Å²) in [5, 5.41) is 17.5. The van der Waals surface area contributed by atoms with Crippen molar-refractivity contribution in [1.82, 2.24) is 15.0 Å². The Balaban J connectivity index is 2.83. The molecule has 0 aliphatic rings. The van der Waals surface area contributed by atoms with E-state index >= 15 is 0 Å². The summed E-state index contributed by atoms with van der Waals surface area (Å²) in [5.74, 6) is 0.311. The number of rotatable bonds is 2. The quantitative estimate of drug-likeness (QED) is 0.519. The molecule has 1 rings (SSSR count). The van der Waals surface area contributed by atoms with Gasteiger partial charge < -0.3 is 4.98 Å². The zero-order chi connectivity index (χ0) is 8.97. The monoisotopic (exact) mass is 164 g/mol. The number of hydrogen-bond acceptors (Lipinski definition) is 4. The van der Waals surface area contributed by atoms with E-state index < -0.39 is 0 Å². The molecule has 0 aliphatic carbocycles. The van der Waals surface area contributed by atoms with Crippen molar-refractivity contribution in [2.24, 2.45) is 10.3 Å². The highest BCUT2D eigenvalue weighted by molar-refractivity contribution is 5.41. The predicted molar refractivity (Wildman–Crippen MR) is 41.5 cm³/mol. The third-order valence-corrected chi connectivity index (χ3v) is 1.05. The molecule has 1 heterocycles. The minimum Gasteiger partial charge on any atom is -0.334 e. The number of imidazole rings is 1. The molecule has 1 aromatic heterocycles. The number of aromatic amines is 1. The molecule has 62 valence electrons. The fourth-order valence-electron chi connectivity index (χ4n) is 0.577. The Kier molecular flexibility index (Phi) is 2.38. The Hall–Kier alpha value is -1.90. The maximum Gasteiger partial charge on any atom is 0.212 e. The number of H-pyrrole nitrogens is 1. The van der Waals surface area contributed by atoms with Crippen LogP contribution in [0.15, 0.2) is 16.7 Å². The van der Waals surface area contributed by atoms with E-state index in [0.717, 1.165) is 0 Å². The third kappa shape index (κ3) is 1.79. The molecule has 0 unspecified atom stereocenters. The van der Waals surface area contributed by atoms with E-state index in [9.17, 15) is 0 Å². The summed E-state index contributed by atoms with van der Waals surface area (Å²) in [5.41, 5.74) is 0.320. The largest absolute Gasteiger partial charge is 0.334 e. The molecule has 0 bridgehead atoms. The van der Waals surface area contributed by atoms with E-state index in [1.165, 1.54) is 11.3 Å². The summed E-state index contributed by atoms with van der Waals surface area (Å²) in [4.78, 5) is 6.43. The molecule has 0 aromatic carbocycles. The summed E-state index contributed by atoms with van der Waals surface area (Å²) in [6.45, 7) is 0. The van der Waals surface area contributed by atoms with Gasteiger partial charge in [-0.3, -0.25) is 5.01 Å². The zero-order valence-electron chi connectivity index (χ0n) is 6.81. The van der Waals surface area contributed by atoms with Crippen LogP contribution in [0.5, 0.6) is 0 Å². The first-order valence-electron chi connectivity index (χ1n) is 3.26. The molecule has 0 aliphatic heterocycles. The maximum atomic E-state index is 8.54. The fourth-order valence-corrected chi connectivity index (χ4v) is 0.577. The van der Waals surface area contributed by atoms with E-state index in [-0.39, 0.29) is 0 Å². The Morgan fingerprint density at radius 3 is 3.00 bits per heavy atom. The molecular weight excluding hydrogens is 156 g/mol. The van der Waals surface area contributed by atoms with Crippen LogP contribution in [-0.2, 0) is 0 Å². The highest BCUT2D eigenvalue weighted by atomic mass is 15.5. The second-order valence-corrected chi connectivity index (χ2v) is 2.25. The van der Waals surface area contributed by atoms with Gasteiger partial charge >= 0.3 is 0 Å². The van der Waals surface area contributed by atoms with E-state index in [2.05, 4.69) is 20.3 Å². The van der Waals surface area contributed by atoms with Crippen LogP contribution >= 0.6 is 0 Å². The number of aromatic nitrogens is 2. The topological polar surface area (TPSA) is 80.4 Å². The number of nitrogens with zero attached hydrogens (tertiary/aromatic N) is 5. The summed E-state index contributed by atoms with van der Waals surface area (Å²) >= 11 is 0. The van der Waals surface area contributed by atoms with Crippen LogP contribution in [0.2, 0.25) is 0 Å². The lowest BCUT2D eigenvalue weighted by Crippen LogP contribution is -1.99. The first-order chi connectivity index (χ1) is 5.74. The van der Waals surface area contributed by atoms with Gasteiger partial charge in [0.15, 0.2) is 5.69 Å². The van der Waals surface area contributed by atoms with Gasteiger partial charge in [0.1, 0.15) is 6.07 Å². The van der Waals surface area contributed by atoms with Crippen molar-refractivity contribution in [2.45, 2.75) is 0 Å². The molecule has 0 radical (unpaired) electrons. The van der Waals surface area contributed by atoms with Crippen LogP contribution in [0.25, 0.3) is 0 Å². The van der Waals surface area contributed by atoms with E-state index in [4.69, 9.17) is 5.26 Å². The van der Waals surface area contributed by atoms with Crippen molar-refractivity contribution < 1.29 is 0 Å². The maximum absolute atomic E-state index is 8.54. The predicted octanol–water partition coefficient (Wildman–Crippen LogP) is 0.842. The lowest BCUT2D eigenvalue weighted by Gasteiger charge is -1.98. The van der Waals surface area contributed by atoms with Crippen LogP contribution in [0.1, 0.15) is 5.69 Å². The van der Waals surface area contributed by atoms with Crippen LogP contribution in [0, 0.1) is 11.3 Å². The molecule has 0 saturated carbocycles. The van der Waals surface area contributed by atoms with Crippen LogP contribution in [-0.4, -0.2) is 29.1 Å². The fraction of sp³-hybridized carbons (Fsp3) is 0.333. The van der Waals surface area contributed by atoms with Gasteiger partial charge in [0.05, 0.1) is 6.33 Å². The normalized spacial score (nSPS) is 10.1. The smallest absolute Gasteiger partial charge is 0.212 e. The second-order valence-electron chi connectivity index (χ2n) is 2.25. The number of nitrogens with one attached hydrogen (secondary N) is 1. The number of hydrogen-bond donors (Lipinski definition) is 1. The van der Waals surface area contributed by atoms with Gasteiger partial charge in [0.2, 0.25) is 5.82 Å². The lowest BCUT2D eigenvalue weighted by atomic mass is 10.5. The minimum absolute atomic E-state index is 0.311. The first-order valence-corrected chi connectivity index (χ1v) is 3.26. The molecule has 1 N–H and O–H groups in total. The van der Waals surface area contributed by atoms with Crippen molar-refractivity contribution in [2.75, 3.05) is 14.1 Å². The highest BCUT2D eigenvalue weighted by Gasteiger charge is 2.01. The van der Waals surface area contributed by atoms with Crippen molar-refractivity contribution in [3.8, 4) is 6.07 Å². The molecule has 0 saturated heterocycles. The molecule has 0 spiro atoms. The average Bonchev–Trinajstić information content (AvgIpc) is 2.47. The van der Waals surface area contributed by atoms with Gasteiger partial charge in [-0.2, -0.15) is 5.26 Å². The summed E-state index contributed by atoms with van der Waals surface area (Å²) in [7, 11) is 3.48. The molecule has 0 fully saturated rings. The van der Waals surface area contributed by atoms with Gasteiger partial charge in [-0.05, 0) is 0 Å². The van der Waals surface area contributed by atoms with Crippen molar-refractivity contribution >= 4 is 5.82 Å². The summed E-state index contributed by atoms with van der Waals surface area (Å²) in [6.07, 6.45) is 1.41. The molecule has 6 heteroatoms. The third-order valence-electron chi connectivity index (χ3n) is 1.05. The Morgan fingerprint density at radius 1 is 1.67 bits per heavy atom. The molecule has 1 aromatic rings. The molecule has 0 atom stereocenters. The van der Waals surface area contributed by atoms with Gasteiger partial charge in [-0.25, -0.2) is 4.98 Å². The van der Waals surface area contributed by atoms with E-state index in [0.29, 0.717) is 11.5 Å². The zero-order valence-corrected chi connectivity index (χ0v) is 6.81. The van der Waals surface area contributed by atoms with Gasteiger partial charge in [-0.1, -0.05) is 5.22 Å². The Labute approximate surface area is 69.5 Å². The average molecular weight is 164 g/mol. The number of nitriles is 1. The van der Waals surface area contributed by atoms with E-state index in [1.54, 1.807) is 14.1 Å².